The minimum atomic E-state index is -0.435. The topological polar surface area (TPSA) is 61.4 Å². The summed E-state index contributed by atoms with van der Waals surface area (Å²) in [5.74, 6) is -0.382. The number of thiocarbonyl (C=S) groups is 1. The minimum absolute atomic E-state index is 0.0529. The number of benzene rings is 2. The SMILES string of the molecule is Cc1ccc(NC(=S)NC(=O)c2cc(Br)ccc2Cl)c(O)c1. The number of phenolic OH excluding ortho intramolecular Hbond substituents is 1. The largest absolute Gasteiger partial charge is 0.506 e. The molecule has 0 aliphatic rings. The van der Waals surface area contributed by atoms with E-state index in [4.69, 9.17) is 23.8 Å². The van der Waals surface area contributed by atoms with Gasteiger partial charge in [-0.3, -0.25) is 10.1 Å². The van der Waals surface area contributed by atoms with E-state index < -0.39 is 5.91 Å². The predicted octanol–water partition coefficient (Wildman–Crippen LogP) is 4.24. The number of aryl methyl sites for hydroxylation is 1. The molecule has 2 rings (SSSR count). The first-order valence-electron chi connectivity index (χ1n) is 6.24. The number of hydrogen-bond donors (Lipinski definition) is 3. The molecule has 0 atom stereocenters. The number of aromatic hydroxyl groups is 1. The smallest absolute Gasteiger partial charge is 0.258 e. The van der Waals surface area contributed by atoms with Crippen LogP contribution in [-0.2, 0) is 0 Å². The summed E-state index contributed by atoms with van der Waals surface area (Å²) in [7, 11) is 0. The maximum Gasteiger partial charge on any atom is 0.258 e. The van der Waals surface area contributed by atoms with Crippen LogP contribution in [0.15, 0.2) is 40.9 Å². The molecule has 0 unspecified atom stereocenters. The summed E-state index contributed by atoms with van der Waals surface area (Å²) in [5, 5.41) is 15.5. The van der Waals surface area contributed by atoms with Crippen LogP contribution in [0.2, 0.25) is 5.02 Å². The van der Waals surface area contributed by atoms with Gasteiger partial charge in [-0.25, -0.2) is 0 Å². The third-order valence-corrected chi connectivity index (χ3v) is 3.83. The zero-order chi connectivity index (χ0) is 16.3. The Morgan fingerprint density at radius 2 is 2.00 bits per heavy atom. The van der Waals surface area contributed by atoms with Gasteiger partial charge in [0.15, 0.2) is 5.11 Å². The summed E-state index contributed by atoms with van der Waals surface area (Å²) in [6.07, 6.45) is 0. The fourth-order valence-electron chi connectivity index (χ4n) is 1.74. The van der Waals surface area contributed by atoms with Crippen LogP contribution >= 0.6 is 39.7 Å². The molecule has 0 aliphatic heterocycles. The molecule has 3 N–H and O–H groups in total. The van der Waals surface area contributed by atoms with Gasteiger partial charge >= 0.3 is 0 Å². The van der Waals surface area contributed by atoms with E-state index in [0.717, 1.165) is 10.0 Å². The van der Waals surface area contributed by atoms with E-state index in [-0.39, 0.29) is 10.9 Å². The lowest BCUT2D eigenvalue weighted by molar-refractivity contribution is 0.0978. The summed E-state index contributed by atoms with van der Waals surface area (Å²) in [4.78, 5) is 12.2. The standard InChI is InChI=1S/C15H12BrClN2O2S/c1-8-2-5-12(13(20)6-8)18-15(22)19-14(21)10-7-9(16)3-4-11(10)17/h2-7,20H,1H3,(H2,18,19,21,22). The number of carbonyl (C=O) groups is 1. The highest BCUT2D eigenvalue weighted by molar-refractivity contribution is 9.10. The summed E-state index contributed by atoms with van der Waals surface area (Å²) >= 11 is 14.3. The molecule has 0 aromatic heterocycles. The van der Waals surface area contributed by atoms with E-state index in [0.29, 0.717) is 16.3 Å². The van der Waals surface area contributed by atoms with Crippen molar-refractivity contribution in [3.8, 4) is 5.75 Å². The van der Waals surface area contributed by atoms with Crippen LogP contribution in [0.3, 0.4) is 0 Å². The molecule has 0 heterocycles. The maximum atomic E-state index is 12.2. The Morgan fingerprint density at radius 1 is 1.27 bits per heavy atom. The fraction of sp³-hybridized carbons (Fsp3) is 0.0667. The predicted molar refractivity (Wildman–Crippen MR) is 95.7 cm³/mol. The first-order chi connectivity index (χ1) is 10.4. The van der Waals surface area contributed by atoms with Crippen molar-refractivity contribution in [2.75, 3.05) is 5.32 Å². The molecule has 0 radical (unpaired) electrons. The first-order valence-corrected chi connectivity index (χ1v) is 7.82. The van der Waals surface area contributed by atoms with Crippen LogP contribution in [0.4, 0.5) is 5.69 Å². The molecule has 0 saturated carbocycles. The van der Waals surface area contributed by atoms with E-state index >= 15 is 0 Å². The second-order valence-electron chi connectivity index (χ2n) is 4.55. The quantitative estimate of drug-likeness (QED) is 0.522. The fourth-order valence-corrected chi connectivity index (χ4v) is 2.51. The monoisotopic (exact) mass is 398 g/mol. The zero-order valence-electron chi connectivity index (χ0n) is 11.5. The Bertz CT molecular complexity index is 752. The lowest BCUT2D eigenvalue weighted by Gasteiger charge is -2.12. The lowest BCUT2D eigenvalue weighted by Crippen LogP contribution is -2.34. The van der Waals surface area contributed by atoms with Gasteiger partial charge in [-0.05, 0) is 55.0 Å². The van der Waals surface area contributed by atoms with Crippen molar-refractivity contribution in [2.45, 2.75) is 6.92 Å². The first kappa shape index (κ1) is 16.7. The molecule has 0 saturated heterocycles. The number of phenols is 1. The van der Waals surface area contributed by atoms with E-state index in [2.05, 4.69) is 26.6 Å². The zero-order valence-corrected chi connectivity index (χ0v) is 14.6. The molecule has 114 valence electrons. The lowest BCUT2D eigenvalue weighted by atomic mass is 10.2. The van der Waals surface area contributed by atoms with Crippen LogP contribution in [0.5, 0.6) is 5.75 Å². The van der Waals surface area contributed by atoms with Gasteiger partial charge < -0.3 is 10.4 Å². The number of carbonyl (C=O) groups excluding carboxylic acids is 1. The average Bonchev–Trinajstić information content (AvgIpc) is 2.44. The Balaban J connectivity index is 2.08. The van der Waals surface area contributed by atoms with Crippen LogP contribution < -0.4 is 10.6 Å². The Kier molecular flexibility index (Phi) is 5.39. The van der Waals surface area contributed by atoms with E-state index in [1.165, 1.54) is 0 Å². The van der Waals surface area contributed by atoms with Crippen LogP contribution in [0.1, 0.15) is 15.9 Å². The highest BCUT2D eigenvalue weighted by Gasteiger charge is 2.13. The van der Waals surface area contributed by atoms with Gasteiger partial charge in [-0.15, -0.1) is 0 Å². The maximum absolute atomic E-state index is 12.2. The van der Waals surface area contributed by atoms with Gasteiger partial charge in [0, 0.05) is 4.47 Å². The van der Waals surface area contributed by atoms with Crippen molar-refractivity contribution >= 4 is 56.5 Å². The minimum Gasteiger partial charge on any atom is -0.506 e. The highest BCUT2D eigenvalue weighted by atomic mass is 79.9. The third-order valence-electron chi connectivity index (χ3n) is 2.80. The summed E-state index contributed by atoms with van der Waals surface area (Å²) < 4.78 is 0.733. The van der Waals surface area contributed by atoms with Crippen LogP contribution in [0.25, 0.3) is 0 Å². The normalized spacial score (nSPS) is 10.1. The number of nitrogens with one attached hydrogen (secondary N) is 2. The molecule has 2 aromatic rings. The van der Waals surface area contributed by atoms with Crippen LogP contribution in [-0.4, -0.2) is 16.1 Å². The molecular weight excluding hydrogens is 388 g/mol. The second-order valence-corrected chi connectivity index (χ2v) is 6.28. The van der Waals surface area contributed by atoms with Gasteiger partial charge in [0.1, 0.15) is 5.75 Å². The molecule has 1 amide bonds. The van der Waals surface area contributed by atoms with E-state index in [1.54, 1.807) is 30.3 Å². The molecule has 0 spiro atoms. The highest BCUT2D eigenvalue weighted by Crippen LogP contribution is 2.24. The number of hydrogen-bond acceptors (Lipinski definition) is 3. The molecular formula is C15H12BrClN2O2S. The second kappa shape index (κ2) is 7.09. The van der Waals surface area contributed by atoms with Crippen molar-refractivity contribution in [3.63, 3.8) is 0 Å². The number of anilines is 1. The van der Waals surface area contributed by atoms with Gasteiger partial charge in [0.25, 0.3) is 5.91 Å². The van der Waals surface area contributed by atoms with Gasteiger partial charge in [-0.1, -0.05) is 33.6 Å². The third kappa shape index (κ3) is 4.19. The summed E-state index contributed by atoms with van der Waals surface area (Å²) in [6, 6.07) is 10.0. The van der Waals surface area contributed by atoms with Crippen molar-refractivity contribution in [3.05, 3.63) is 57.0 Å². The molecule has 7 heteroatoms. The van der Waals surface area contributed by atoms with Gasteiger partial charge in [0.05, 0.1) is 16.3 Å². The van der Waals surface area contributed by atoms with E-state index in [9.17, 15) is 9.90 Å². The average molecular weight is 400 g/mol. The molecule has 22 heavy (non-hydrogen) atoms. The Labute approximate surface area is 146 Å². The van der Waals surface area contributed by atoms with Crippen molar-refractivity contribution in [1.29, 1.82) is 0 Å². The molecule has 0 fully saturated rings. The molecule has 0 bridgehead atoms. The van der Waals surface area contributed by atoms with Crippen molar-refractivity contribution in [1.82, 2.24) is 5.32 Å². The van der Waals surface area contributed by atoms with Crippen LogP contribution in [0, 0.1) is 6.92 Å². The summed E-state index contributed by atoms with van der Waals surface area (Å²) in [5.41, 5.74) is 1.63. The van der Waals surface area contributed by atoms with Gasteiger partial charge in [0.2, 0.25) is 0 Å². The Hall–Kier alpha value is -1.63. The Morgan fingerprint density at radius 3 is 2.68 bits per heavy atom. The van der Waals surface area contributed by atoms with E-state index in [1.807, 2.05) is 13.0 Å². The number of halogens is 2. The molecule has 4 nitrogen and oxygen atoms in total. The van der Waals surface area contributed by atoms with Crippen molar-refractivity contribution in [2.24, 2.45) is 0 Å². The molecule has 2 aromatic carbocycles. The van der Waals surface area contributed by atoms with Gasteiger partial charge in [-0.2, -0.15) is 0 Å². The summed E-state index contributed by atoms with van der Waals surface area (Å²) in [6.45, 7) is 1.86. The number of rotatable bonds is 2. The van der Waals surface area contributed by atoms with Crippen molar-refractivity contribution < 1.29 is 9.90 Å². The molecule has 0 aliphatic carbocycles. The number of amides is 1.